The van der Waals surface area contributed by atoms with Crippen molar-refractivity contribution in [2.24, 2.45) is 10.8 Å². The van der Waals surface area contributed by atoms with E-state index in [1.54, 1.807) is 0 Å². The van der Waals surface area contributed by atoms with Gasteiger partial charge in [-0.05, 0) is 25.1 Å². The van der Waals surface area contributed by atoms with Crippen LogP contribution in [0.25, 0.3) is 0 Å². The average Bonchev–Trinajstić information content (AvgIpc) is 3.16. The fourth-order valence-electron chi connectivity index (χ4n) is 1.91. The zero-order chi connectivity index (χ0) is 17.1. The van der Waals surface area contributed by atoms with Crippen LogP contribution < -0.4 is 26.5 Å². The zero-order valence-electron chi connectivity index (χ0n) is 12.7. The average molecular weight is 349 g/mol. The number of amides is 1. The maximum Gasteiger partial charge on any atom is 0.264 e. The molecule has 0 atom stereocenters. The number of benzene rings is 1. The Bertz CT molecular complexity index is 805. The molecular weight excluding hydrogens is 334 g/mol. The molecule has 1 aromatic carbocycles. The SMILES string of the molecule is C/C(=N\Nc1nnc(SCC(N)=O)n1N)c1ccc2c(c1)OCO2. The van der Waals surface area contributed by atoms with Crippen molar-refractivity contribution in [3.05, 3.63) is 23.8 Å². The number of thioether (sulfide) groups is 1. The lowest BCUT2D eigenvalue weighted by Crippen LogP contribution is -2.16. The number of hydrogen-bond acceptors (Lipinski definition) is 9. The molecule has 126 valence electrons. The van der Waals surface area contributed by atoms with Crippen LogP contribution in [-0.4, -0.2) is 39.0 Å². The van der Waals surface area contributed by atoms with Crippen molar-refractivity contribution in [1.82, 2.24) is 14.9 Å². The largest absolute Gasteiger partial charge is 0.454 e. The number of nitrogens with zero attached hydrogens (tertiary/aromatic N) is 4. The lowest BCUT2D eigenvalue weighted by molar-refractivity contribution is -0.115. The number of nitrogens with one attached hydrogen (secondary N) is 1. The molecule has 3 rings (SSSR count). The summed E-state index contributed by atoms with van der Waals surface area (Å²) in [6.07, 6.45) is 0. The monoisotopic (exact) mass is 349 g/mol. The number of carbonyl (C=O) groups excluding carboxylic acids is 1. The van der Waals surface area contributed by atoms with Crippen LogP contribution in [0.2, 0.25) is 0 Å². The summed E-state index contributed by atoms with van der Waals surface area (Å²) in [4.78, 5) is 10.8. The Morgan fingerprint density at radius 2 is 2.21 bits per heavy atom. The lowest BCUT2D eigenvalue weighted by atomic mass is 10.1. The van der Waals surface area contributed by atoms with Gasteiger partial charge in [0.1, 0.15) is 0 Å². The summed E-state index contributed by atoms with van der Waals surface area (Å²) < 4.78 is 11.8. The van der Waals surface area contributed by atoms with Crippen LogP contribution in [0, 0.1) is 0 Å². The predicted molar refractivity (Wildman–Crippen MR) is 88.5 cm³/mol. The second-order valence-electron chi connectivity index (χ2n) is 4.81. The first-order valence-electron chi connectivity index (χ1n) is 6.86. The number of hydrazone groups is 1. The molecule has 1 aliphatic rings. The van der Waals surface area contributed by atoms with E-state index >= 15 is 0 Å². The molecule has 0 unspecified atom stereocenters. The Labute approximate surface area is 141 Å². The van der Waals surface area contributed by atoms with E-state index in [0.717, 1.165) is 17.3 Å². The fourth-order valence-corrected chi connectivity index (χ4v) is 2.50. The van der Waals surface area contributed by atoms with E-state index in [2.05, 4.69) is 20.7 Å². The van der Waals surface area contributed by atoms with Crippen molar-refractivity contribution in [2.45, 2.75) is 12.1 Å². The van der Waals surface area contributed by atoms with Crippen molar-refractivity contribution < 1.29 is 14.3 Å². The van der Waals surface area contributed by atoms with Gasteiger partial charge in [0, 0.05) is 5.56 Å². The molecule has 2 heterocycles. The summed E-state index contributed by atoms with van der Waals surface area (Å²) in [6, 6.07) is 5.53. The number of nitrogens with two attached hydrogens (primary N) is 2. The molecule has 2 aromatic rings. The van der Waals surface area contributed by atoms with E-state index in [4.69, 9.17) is 21.1 Å². The molecule has 0 fully saturated rings. The van der Waals surface area contributed by atoms with Crippen LogP contribution in [0.15, 0.2) is 28.5 Å². The van der Waals surface area contributed by atoms with Gasteiger partial charge < -0.3 is 21.1 Å². The number of primary amides is 1. The molecule has 10 nitrogen and oxygen atoms in total. The van der Waals surface area contributed by atoms with Crippen LogP contribution in [0.3, 0.4) is 0 Å². The maximum absolute atomic E-state index is 10.8. The Morgan fingerprint density at radius 1 is 1.42 bits per heavy atom. The Balaban J connectivity index is 1.70. The summed E-state index contributed by atoms with van der Waals surface area (Å²) in [5, 5.41) is 12.3. The number of fused-ring (bicyclic) bond motifs is 1. The molecule has 5 N–H and O–H groups in total. The second-order valence-corrected chi connectivity index (χ2v) is 5.75. The third kappa shape index (κ3) is 3.35. The number of ether oxygens (including phenoxy) is 2. The Hall–Kier alpha value is -2.95. The van der Waals surface area contributed by atoms with E-state index in [1.165, 1.54) is 4.68 Å². The highest BCUT2D eigenvalue weighted by Gasteiger charge is 2.14. The number of hydrogen-bond donors (Lipinski definition) is 3. The number of rotatable bonds is 6. The number of anilines is 1. The van der Waals surface area contributed by atoms with E-state index in [9.17, 15) is 4.79 Å². The van der Waals surface area contributed by atoms with Gasteiger partial charge in [0.05, 0.1) is 11.5 Å². The normalized spacial score (nSPS) is 13.1. The van der Waals surface area contributed by atoms with Crippen molar-refractivity contribution in [1.29, 1.82) is 0 Å². The molecule has 0 radical (unpaired) electrons. The number of aromatic nitrogens is 3. The zero-order valence-corrected chi connectivity index (χ0v) is 13.5. The molecule has 0 aliphatic carbocycles. The van der Waals surface area contributed by atoms with Gasteiger partial charge in [-0.1, -0.05) is 11.8 Å². The molecule has 1 amide bonds. The van der Waals surface area contributed by atoms with Crippen LogP contribution in [-0.2, 0) is 4.79 Å². The first-order valence-corrected chi connectivity index (χ1v) is 7.85. The topological polar surface area (TPSA) is 143 Å². The highest BCUT2D eigenvalue weighted by molar-refractivity contribution is 7.99. The first-order chi connectivity index (χ1) is 11.5. The van der Waals surface area contributed by atoms with Gasteiger partial charge in [0.15, 0.2) is 11.5 Å². The van der Waals surface area contributed by atoms with Crippen molar-refractivity contribution >= 4 is 29.3 Å². The number of carbonyl (C=O) groups is 1. The summed E-state index contributed by atoms with van der Waals surface area (Å²) >= 11 is 1.09. The highest BCUT2D eigenvalue weighted by Crippen LogP contribution is 2.32. The third-order valence-electron chi connectivity index (χ3n) is 3.12. The molecule has 0 saturated heterocycles. The van der Waals surface area contributed by atoms with Crippen molar-refractivity contribution in [3.63, 3.8) is 0 Å². The molecular formula is C13H15N7O3S. The quantitative estimate of drug-likeness (QED) is 0.289. The first kappa shape index (κ1) is 15.9. The molecule has 24 heavy (non-hydrogen) atoms. The Morgan fingerprint density at radius 3 is 3.00 bits per heavy atom. The van der Waals surface area contributed by atoms with Gasteiger partial charge in [0.2, 0.25) is 17.9 Å². The summed E-state index contributed by atoms with van der Waals surface area (Å²) in [7, 11) is 0. The van der Waals surface area contributed by atoms with Gasteiger partial charge in [-0.3, -0.25) is 4.79 Å². The predicted octanol–water partition coefficient (Wildman–Crippen LogP) is 0.134. The van der Waals surface area contributed by atoms with Crippen LogP contribution >= 0.6 is 11.8 Å². The van der Waals surface area contributed by atoms with E-state index in [-0.39, 0.29) is 18.5 Å². The van der Waals surface area contributed by atoms with Crippen molar-refractivity contribution in [2.75, 3.05) is 23.8 Å². The maximum atomic E-state index is 10.8. The summed E-state index contributed by atoms with van der Waals surface area (Å²) in [6.45, 7) is 2.04. The lowest BCUT2D eigenvalue weighted by Gasteiger charge is -2.05. The van der Waals surface area contributed by atoms with Crippen LogP contribution in [0.4, 0.5) is 5.95 Å². The molecule has 0 saturated carbocycles. The van der Waals surface area contributed by atoms with Crippen LogP contribution in [0.1, 0.15) is 12.5 Å². The summed E-state index contributed by atoms with van der Waals surface area (Å²) in [5.41, 5.74) is 9.38. The van der Waals surface area contributed by atoms with Crippen LogP contribution in [0.5, 0.6) is 11.5 Å². The van der Waals surface area contributed by atoms with Crippen molar-refractivity contribution in [3.8, 4) is 11.5 Å². The molecule has 0 spiro atoms. The highest BCUT2D eigenvalue weighted by atomic mass is 32.2. The summed E-state index contributed by atoms with van der Waals surface area (Å²) in [5.74, 6) is 7.06. The van der Waals surface area contributed by atoms with Gasteiger partial charge in [-0.2, -0.15) is 5.10 Å². The third-order valence-corrected chi connectivity index (χ3v) is 4.09. The molecule has 1 aromatic heterocycles. The van der Waals surface area contributed by atoms with E-state index in [1.807, 2.05) is 25.1 Å². The van der Waals surface area contributed by atoms with Gasteiger partial charge in [-0.25, -0.2) is 10.1 Å². The standard InChI is InChI=1S/C13H15N7O3S/c1-7(8-2-3-9-10(4-8)23-6-22-9)16-17-12-18-19-13(20(12)15)24-5-11(14)21/h2-4H,5-6,15H2,1H3,(H2,14,21)(H,17,18)/b16-7+. The minimum absolute atomic E-state index is 0.0643. The fraction of sp³-hybridized carbons (Fsp3) is 0.231. The number of nitrogen functional groups attached to an aromatic ring is 1. The van der Waals surface area contributed by atoms with E-state index < -0.39 is 5.91 Å². The van der Waals surface area contributed by atoms with Gasteiger partial charge >= 0.3 is 0 Å². The smallest absolute Gasteiger partial charge is 0.264 e. The van der Waals surface area contributed by atoms with Gasteiger partial charge in [0.25, 0.3) is 5.95 Å². The molecule has 11 heteroatoms. The second kappa shape index (κ2) is 6.66. The van der Waals surface area contributed by atoms with Gasteiger partial charge in [-0.15, -0.1) is 10.2 Å². The van der Waals surface area contributed by atoms with E-state index in [0.29, 0.717) is 22.4 Å². The Kier molecular flexibility index (Phi) is 4.42. The minimum atomic E-state index is -0.464. The minimum Gasteiger partial charge on any atom is -0.454 e. The molecule has 1 aliphatic heterocycles. The molecule has 0 bridgehead atoms.